The predicted molar refractivity (Wildman–Crippen MR) is 89.7 cm³/mol. The third-order valence-corrected chi connectivity index (χ3v) is 5.19. The Morgan fingerprint density at radius 3 is 2.29 bits per heavy atom. The van der Waals surface area contributed by atoms with Crippen LogP contribution >= 0.6 is 0 Å². The van der Waals surface area contributed by atoms with Gasteiger partial charge in [0.25, 0.3) is 0 Å². The molecule has 3 aliphatic rings. The van der Waals surface area contributed by atoms with E-state index in [1.165, 1.54) is 22.3 Å². The first-order valence-corrected chi connectivity index (χ1v) is 8.24. The van der Waals surface area contributed by atoms with Crippen molar-refractivity contribution in [2.45, 2.75) is 20.3 Å². The van der Waals surface area contributed by atoms with Crippen molar-refractivity contribution in [3.63, 3.8) is 0 Å². The fourth-order valence-corrected chi connectivity index (χ4v) is 3.76. The van der Waals surface area contributed by atoms with Gasteiger partial charge in [0.15, 0.2) is 23.0 Å². The van der Waals surface area contributed by atoms with Gasteiger partial charge in [0.05, 0.1) is 0 Å². The Hall–Kier alpha value is -2.62. The highest BCUT2D eigenvalue weighted by atomic mass is 16.7. The van der Waals surface area contributed by atoms with Crippen molar-refractivity contribution in [2.24, 2.45) is 5.92 Å². The van der Waals surface area contributed by atoms with Crippen LogP contribution in [0.15, 0.2) is 35.9 Å². The molecule has 0 radical (unpaired) electrons. The molecule has 24 heavy (non-hydrogen) atoms. The molecule has 0 bridgehead atoms. The van der Waals surface area contributed by atoms with E-state index in [1.54, 1.807) is 0 Å². The molecular formula is C20H18O4. The molecule has 4 heteroatoms. The minimum Gasteiger partial charge on any atom is -0.454 e. The maximum absolute atomic E-state index is 5.60. The van der Waals surface area contributed by atoms with E-state index in [0.29, 0.717) is 19.5 Å². The number of hydrogen-bond acceptors (Lipinski definition) is 4. The summed E-state index contributed by atoms with van der Waals surface area (Å²) in [6.07, 6.45) is 1.02. The van der Waals surface area contributed by atoms with Gasteiger partial charge in [-0.1, -0.05) is 18.6 Å². The second-order valence-corrected chi connectivity index (χ2v) is 6.59. The van der Waals surface area contributed by atoms with Crippen LogP contribution in [0.1, 0.15) is 30.5 Å². The summed E-state index contributed by atoms with van der Waals surface area (Å²) in [5, 5.41) is 0. The van der Waals surface area contributed by atoms with Gasteiger partial charge in [-0.05, 0) is 65.8 Å². The van der Waals surface area contributed by atoms with Gasteiger partial charge in [0, 0.05) is 0 Å². The Morgan fingerprint density at radius 2 is 1.50 bits per heavy atom. The van der Waals surface area contributed by atoms with E-state index in [4.69, 9.17) is 18.9 Å². The molecule has 0 amide bonds. The molecule has 2 aromatic rings. The topological polar surface area (TPSA) is 36.9 Å². The van der Waals surface area contributed by atoms with E-state index >= 15 is 0 Å². The molecular weight excluding hydrogens is 304 g/mol. The Bertz CT molecular complexity index is 881. The molecule has 2 aliphatic heterocycles. The van der Waals surface area contributed by atoms with Gasteiger partial charge in [0.1, 0.15) is 0 Å². The average molecular weight is 322 g/mol. The van der Waals surface area contributed by atoms with Crippen molar-refractivity contribution < 1.29 is 18.9 Å². The second-order valence-electron chi connectivity index (χ2n) is 6.59. The lowest BCUT2D eigenvalue weighted by Gasteiger charge is -2.27. The van der Waals surface area contributed by atoms with Crippen molar-refractivity contribution in [2.75, 3.05) is 13.6 Å². The first-order chi connectivity index (χ1) is 11.7. The van der Waals surface area contributed by atoms with Crippen LogP contribution in [0.3, 0.4) is 0 Å². The molecule has 0 spiro atoms. The summed E-state index contributed by atoms with van der Waals surface area (Å²) in [4.78, 5) is 0. The minimum atomic E-state index is 0.294. The predicted octanol–water partition coefficient (Wildman–Crippen LogP) is 4.16. The maximum atomic E-state index is 5.60. The Morgan fingerprint density at radius 1 is 0.833 bits per heavy atom. The van der Waals surface area contributed by atoms with Crippen LogP contribution in [0.25, 0.3) is 5.57 Å². The Labute approximate surface area is 140 Å². The van der Waals surface area contributed by atoms with Crippen molar-refractivity contribution >= 4 is 5.57 Å². The average Bonchev–Trinajstić information content (AvgIpc) is 3.22. The zero-order valence-corrected chi connectivity index (χ0v) is 13.7. The lowest BCUT2D eigenvalue weighted by Crippen LogP contribution is -2.13. The zero-order valence-electron chi connectivity index (χ0n) is 13.7. The van der Waals surface area contributed by atoms with Crippen molar-refractivity contribution in [1.82, 2.24) is 0 Å². The number of allylic oxidation sites excluding steroid dienone is 1. The van der Waals surface area contributed by atoms with E-state index in [2.05, 4.69) is 38.1 Å². The first-order valence-electron chi connectivity index (χ1n) is 8.24. The molecule has 1 atom stereocenters. The third kappa shape index (κ3) is 1.92. The normalized spacial score (nSPS) is 20.3. The Balaban J connectivity index is 1.71. The molecule has 5 rings (SSSR count). The van der Waals surface area contributed by atoms with Crippen LogP contribution < -0.4 is 18.9 Å². The van der Waals surface area contributed by atoms with Gasteiger partial charge in [0.2, 0.25) is 13.6 Å². The van der Waals surface area contributed by atoms with Gasteiger partial charge in [-0.15, -0.1) is 0 Å². The molecule has 0 aromatic heterocycles. The van der Waals surface area contributed by atoms with Crippen LogP contribution in [0.5, 0.6) is 23.0 Å². The summed E-state index contributed by atoms with van der Waals surface area (Å²) in [6.45, 7) is 5.09. The van der Waals surface area contributed by atoms with Crippen LogP contribution in [-0.4, -0.2) is 13.6 Å². The molecule has 122 valence electrons. The van der Waals surface area contributed by atoms with Gasteiger partial charge < -0.3 is 18.9 Å². The van der Waals surface area contributed by atoms with Crippen molar-refractivity contribution in [3.05, 3.63) is 52.6 Å². The quantitative estimate of drug-likeness (QED) is 0.790. The van der Waals surface area contributed by atoms with Crippen LogP contribution in [0.4, 0.5) is 0 Å². The fourth-order valence-electron chi connectivity index (χ4n) is 3.76. The highest BCUT2D eigenvalue weighted by Gasteiger charge is 2.27. The number of rotatable bonds is 1. The van der Waals surface area contributed by atoms with E-state index in [0.717, 1.165) is 35.0 Å². The zero-order chi connectivity index (χ0) is 16.3. The van der Waals surface area contributed by atoms with E-state index in [1.807, 2.05) is 6.07 Å². The first kappa shape index (κ1) is 13.8. The maximum Gasteiger partial charge on any atom is 0.231 e. The second kappa shape index (κ2) is 4.94. The molecule has 0 saturated heterocycles. The van der Waals surface area contributed by atoms with Crippen LogP contribution in [0.2, 0.25) is 0 Å². The number of fused-ring (bicyclic) bond motifs is 3. The molecule has 0 fully saturated rings. The summed E-state index contributed by atoms with van der Waals surface area (Å²) < 4.78 is 22.2. The Kier molecular flexibility index (Phi) is 2.84. The molecule has 2 aromatic carbocycles. The number of hydrogen-bond donors (Lipinski definition) is 0. The summed E-state index contributed by atoms with van der Waals surface area (Å²) in [6, 6.07) is 10.4. The standard InChI is InChI=1S/C20H18O4/c1-11-5-14-7-18-19(24-10-23-18)8-15(14)20(12(11)2)13-3-4-16-17(6-13)22-9-21-16/h3-4,6-8,11H,5,9-10H2,1-2H3. The molecule has 0 saturated carbocycles. The summed E-state index contributed by atoms with van der Waals surface area (Å²) in [7, 11) is 0. The third-order valence-electron chi connectivity index (χ3n) is 5.19. The van der Waals surface area contributed by atoms with E-state index in [-0.39, 0.29) is 0 Å². The van der Waals surface area contributed by atoms with Crippen molar-refractivity contribution in [3.8, 4) is 23.0 Å². The van der Waals surface area contributed by atoms with Gasteiger partial charge in [-0.2, -0.15) is 0 Å². The smallest absolute Gasteiger partial charge is 0.231 e. The monoisotopic (exact) mass is 322 g/mol. The van der Waals surface area contributed by atoms with Crippen molar-refractivity contribution in [1.29, 1.82) is 0 Å². The summed E-state index contributed by atoms with van der Waals surface area (Å²) >= 11 is 0. The molecule has 0 N–H and O–H groups in total. The molecule has 1 aliphatic carbocycles. The number of ether oxygens (including phenoxy) is 4. The molecule has 2 heterocycles. The fraction of sp³-hybridized carbons (Fsp3) is 0.300. The number of benzene rings is 2. The minimum absolute atomic E-state index is 0.294. The van der Waals surface area contributed by atoms with E-state index < -0.39 is 0 Å². The van der Waals surface area contributed by atoms with Crippen LogP contribution in [-0.2, 0) is 6.42 Å². The van der Waals surface area contributed by atoms with Gasteiger partial charge in [-0.25, -0.2) is 0 Å². The van der Waals surface area contributed by atoms with Gasteiger partial charge >= 0.3 is 0 Å². The van der Waals surface area contributed by atoms with Crippen LogP contribution in [0, 0.1) is 5.92 Å². The highest BCUT2D eigenvalue weighted by Crippen LogP contribution is 2.46. The highest BCUT2D eigenvalue weighted by molar-refractivity contribution is 5.87. The van der Waals surface area contributed by atoms with Gasteiger partial charge in [-0.3, -0.25) is 0 Å². The SMILES string of the molecule is CC1=C(c2ccc3c(c2)OCO3)c2cc3c(cc2CC1C)OCO3. The lowest BCUT2D eigenvalue weighted by molar-refractivity contribution is 0.173. The molecule has 4 nitrogen and oxygen atoms in total. The molecule has 1 unspecified atom stereocenters. The van der Waals surface area contributed by atoms with E-state index in [9.17, 15) is 0 Å². The lowest BCUT2D eigenvalue weighted by atomic mass is 9.77. The summed E-state index contributed by atoms with van der Waals surface area (Å²) in [5.41, 5.74) is 6.35. The largest absolute Gasteiger partial charge is 0.454 e. The summed E-state index contributed by atoms with van der Waals surface area (Å²) in [5.74, 6) is 3.79.